The second-order valence-electron chi connectivity index (χ2n) is 12.0. The molecule has 0 radical (unpaired) electrons. The first-order valence-corrected chi connectivity index (χ1v) is 15.4. The number of amides is 1. The van der Waals surface area contributed by atoms with Gasteiger partial charge in [0, 0.05) is 49.0 Å². The van der Waals surface area contributed by atoms with Crippen LogP contribution in [-0.4, -0.2) is 36.1 Å². The van der Waals surface area contributed by atoms with Crippen LogP contribution in [0.2, 0.25) is 0 Å². The molecule has 0 fully saturated rings. The minimum absolute atomic E-state index is 0.0215. The predicted molar refractivity (Wildman–Crippen MR) is 179 cm³/mol. The van der Waals surface area contributed by atoms with Crippen molar-refractivity contribution >= 4 is 56.2 Å². The molecule has 0 atom stereocenters. The predicted octanol–water partition coefficient (Wildman–Crippen LogP) is 7.07. The van der Waals surface area contributed by atoms with E-state index in [1.165, 1.54) is 16.7 Å². The van der Waals surface area contributed by atoms with Crippen LogP contribution in [0.3, 0.4) is 0 Å². The molecule has 0 saturated carbocycles. The van der Waals surface area contributed by atoms with Crippen molar-refractivity contribution in [3.63, 3.8) is 0 Å². The Bertz CT molecular complexity index is 1950. The number of carboxylic acids is 1. The molecule has 8 bridgehead atoms. The number of carboxylic acid groups (broad SMARTS) is 1. The molecule has 2 aliphatic rings. The average Bonchev–Trinajstić information content (AvgIpc) is 3.58. The molecule has 8 heteroatoms. The third kappa shape index (κ3) is 5.27. The van der Waals surface area contributed by atoms with Crippen LogP contribution in [0.5, 0.6) is 0 Å². The smallest absolute Gasteiger partial charge is 0.303 e. The second-order valence-corrected chi connectivity index (χ2v) is 12.0. The number of carbonyl (C=O) groups is 2. The molecule has 230 valence electrons. The molecular formula is C36H43N5O3. The molecule has 0 spiro atoms. The fourth-order valence-electron chi connectivity index (χ4n) is 6.94. The van der Waals surface area contributed by atoms with E-state index >= 15 is 0 Å². The van der Waals surface area contributed by atoms with Crippen LogP contribution in [0, 0.1) is 13.8 Å². The summed E-state index contributed by atoms with van der Waals surface area (Å²) in [6, 6.07) is 8.56. The quantitative estimate of drug-likeness (QED) is 0.290. The van der Waals surface area contributed by atoms with Crippen molar-refractivity contribution in [2.45, 2.75) is 80.1 Å². The highest BCUT2D eigenvalue weighted by molar-refractivity contribution is 5.95. The number of nitrogens with zero attached hydrogens (tertiary/aromatic N) is 4. The van der Waals surface area contributed by atoms with Crippen LogP contribution >= 0.6 is 0 Å². The second kappa shape index (κ2) is 11.9. The van der Waals surface area contributed by atoms with E-state index in [1.807, 2.05) is 7.05 Å². The van der Waals surface area contributed by atoms with Crippen molar-refractivity contribution in [3.8, 4) is 0 Å². The zero-order valence-electron chi connectivity index (χ0n) is 27.2. The van der Waals surface area contributed by atoms with Crippen molar-refractivity contribution < 1.29 is 14.7 Å². The molecule has 0 aliphatic carbocycles. The summed E-state index contributed by atoms with van der Waals surface area (Å²) in [5, 5.41) is 9.58. The SMILES string of the molecule is CCC1=C(C)c2cc3c(C)c(CCC(=O)O)c(cc4nc(cc5c(CC)c(C)c(cc1n2)n5C)C(C)=C4CCC(N)=O)n3C. The molecule has 44 heavy (non-hydrogen) atoms. The number of primary amides is 1. The zero-order chi connectivity index (χ0) is 32.0. The molecular weight excluding hydrogens is 550 g/mol. The maximum atomic E-state index is 11.9. The summed E-state index contributed by atoms with van der Waals surface area (Å²) in [7, 11) is 4.11. The highest BCUT2D eigenvalue weighted by Crippen LogP contribution is 2.37. The molecule has 5 rings (SSSR count). The number of aliphatic carboxylic acids is 1. The number of hydrogen-bond acceptors (Lipinski definition) is 4. The summed E-state index contributed by atoms with van der Waals surface area (Å²) in [4.78, 5) is 33.9. The Kier molecular flexibility index (Phi) is 8.38. The lowest BCUT2D eigenvalue weighted by Crippen LogP contribution is -2.09. The summed E-state index contributed by atoms with van der Waals surface area (Å²) in [5.41, 5.74) is 22.1. The zero-order valence-corrected chi connectivity index (χ0v) is 27.2. The lowest BCUT2D eigenvalue weighted by atomic mass is 10.00. The Morgan fingerprint density at radius 3 is 1.70 bits per heavy atom. The van der Waals surface area contributed by atoms with Gasteiger partial charge >= 0.3 is 5.97 Å². The number of aromatic nitrogens is 4. The molecule has 3 aromatic rings. The molecule has 0 unspecified atom stereocenters. The van der Waals surface area contributed by atoms with Crippen molar-refractivity contribution in [1.29, 1.82) is 0 Å². The molecule has 3 aromatic heterocycles. The van der Waals surface area contributed by atoms with E-state index in [9.17, 15) is 14.7 Å². The summed E-state index contributed by atoms with van der Waals surface area (Å²) in [6.07, 6.45) is 2.85. The van der Waals surface area contributed by atoms with Crippen molar-refractivity contribution in [3.05, 3.63) is 69.3 Å². The first-order valence-electron chi connectivity index (χ1n) is 15.4. The fraction of sp³-hybridized carbons (Fsp3) is 0.389. The minimum Gasteiger partial charge on any atom is -0.481 e. The first kappa shape index (κ1) is 31.0. The van der Waals surface area contributed by atoms with Gasteiger partial charge in [0.1, 0.15) is 0 Å². The number of hydrogen-bond donors (Lipinski definition) is 2. The lowest BCUT2D eigenvalue weighted by Gasteiger charge is -2.05. The van der Waals surface area contributed by atoms with E-state index < -0.39 is 5.97 Å². The van der Waals surface area contributed by atoms with Gasteiger partial charge in [-0.05, 0) is 122 Å². The Hall–Kier alpha value is -4.46. The fourth-order valence-corrected chi connectivity index (χ4v) is 6.94. The van der Waals surface area contributed by atoms with Gasteiger partial charge in [-0.2, -0.15) is 0 Å². The highest BCUT2D eigenvalue weighted by atomic mass is 16.4. The van der Waals surface area contributed by atoms with Crippen molar-refractivity contribution in [2.75, 3.05) is 0 Å². The van der Waals surface area contributed by atoms with Crippen LogP contribution in [0.15, 0.2) is 24.3 Å². The normalized spacial score (nSPS) is 13.3. The Labute approximate surface area is 259 Å². The molecule has 2 aliphatic heterocycles. The van der Waals surface area contributed by atoms with Gasteiger partial charge in [0.05, 0.1) is 22.8 Å². The molecule has 0 aromatic carbocycles. The standard InChI is InChI=1S/C36H43N5O3/c1-9-23-19(3)27-15-31-22(6)26(12-14-36(43)44)34(41(31)8)18-30-25(11-13-35(37)42)20(4)28(39-30)16-33-24(10-2)21(5)32(40(33)7)17-29(23)38-27/h15-18H,9-14H2,1-8H3,(H2,37,42)(H,43,44). The van der Waals surface area contributed by atoms with Crippen molar-refractivity contribution in [1.82, 2.24) is 19.1 Å². The molecule has 8 nitrogen and oxygen atoms in total. The van der Waals surface area contributed by atoms with Gasteiger partial charge in [0.25, 0.3) is 0 Å². The van der Waals surface area contributed by atoms with Gasteiger partial charge in [-0.1, -0.05) is 13.8 Å². The van der Waals surface area contributed by atoms with Crippen LogP contribution in [-0.2, 0) is 36.5 Å². The number of rotatable bonds is 8. The van der Waals surface area contributed by atoms with E-state index in [0.29, 0.717) is 12.8 Å². The van der Waals surface area contributed by atoms with Crippen LogP contribution < -0.4 is 5.73 Å². The number of carbonyl (C=O) groups excluding carboxylic acids is 1. The third-order valence-electron chi connectivity index (χ3n) is 9.52. The van der Waals surface area contributed by atoms with Crippen LogP contribution in [0.1, 0.15) is 98.4 Å². The third-order valence-corrected chi connectivity index (χ3v) is 9.52. The van der Waals surface area contributed by atoms with Gasteiger partial charge in [0.2, 0.25) is 5.91 Å². The first-order chi connectivity index (χ1) is 20.9. The highest BCUT2D eigenvalue weighted by Gasteiger charge is 2.22. The number of nitrogens with two attached hydrogens (primary N) is 1. The van der Waals surface area contributed by atoms with Gasteiger partial charge in [-0.25, -0.2) is 9.97 Å². The van der Waals surface area contributed by atoms with E-state index in [0.717, 1.165) is 85.5 Å². The minimum atomic E-state index is -0.838. The van der Waals surface area contributed by atoms with Crippen LogP contribution in [0.4, 0.5) is 0 Å². The maximum absolute atomic E-state index is 11.9. The topological polar surface area (TPSA) is 116 Å². The summed E-state index contributed by atoms with van der Waals surface area (Å²) in [6.45, 7) is 12.8. The molecule has 0 saturated heterocycles. The molecule has 1 amide bonds. The Morgan fingerprint density at radius 1 is 0.682 bits per heavy atom. The number of fused-ring (bicyclic) bond motifs is 8. The average molecular weight is 594 g/mol. The van der Waals surface area contributed by atoms with Gasteiger partial charge < -0.3 is 20.0 Å². The van der Waals surface area contributed by atoms with Gasteiger partial charge in [-0.3, -0.25) is 9.59 Å². The Morgan fingerprint density at radius 2 is 1.16 bits per heavy atom. The molecule has 5 heterocycles. The Balaban J connectivity index is 2.00. The van der Waals surface area contributed by atoms with Crippen LogP contribution in [0.25, 0.3) is 44.4 Å². The van der Waals surface area contributed by atoms with E-state index in [-0.39, 0.29) is 18.7 Å². The lowest BCUT2D eigenvalue weighted by molar-refractivity contribution is -0.137. The summed E-state index contributed by atoms with van der Waals surface area (Å²) in [5.74, 6) is -1.20. The van der Waals surface area contributed by atoms with Gasteiger partial charge in [-0.15, -0.1) is 0 Å². The maximum Gasteiger partial charge on any atom is 0.303 e. The monoisotopic (exact) mass is 593 g/mol. The van der Waals surface area contributed by atoms with E-state index in [2.05, 4.69) is 82.0 Å². The van der Waals surface area contributed by atoms with Gasteiger partial charge in [0.15, 0.2) is 0 Å². The van der Waals surface area contributed by atoms with Crippen molar-refractivity contribution in [2.24, 2.45) is 19.8 Å². The largest absolute Gasteiger partial charge is 0.481 e. The molecule has 3 N–H and O–H groups in total. The van der Waals surface area contributed by atoms with E-state index in [1.54, 1.807) is 0 Å². The summed E-state index contributed by atoms with van der Waals surface area (Å²) < 4.78 is 4.36. The number of aryl methyl sites for hydroxylation is 6. The number of allylic oxidation sites excluding steroid dienone is 4. The summed E-state index contributed by atoms with van der Waals surface area (Å²) >= 11 is 0. The van der Waals surface area contributed by atoms with E-state index in [4.69, 9.17) is 15.7 Å².